The van der Waals surface area contributed by atoms with Crippen LogP contribution in [0.3, 0.4) is 0 Å². The third kappa shape index (κ3) is 4.90. The van der Waals surface area contributed by atoms with Crippen LogP contribution in [-0.4, -0.2) is 16.0 Å². The predicted octanol–water partition coefficient (Wildman–Crippen LogP) is 5.61. The Kier molecular flexibility index (Phi) is 6.47. The molecule has 0 aliphatic heterocycles. The van der Waals surface area contributed by atoms with Crippen LogP contribution in [0.2, 0.25) is 5.02 Å². The first kappa shape index (κ1) is 20.2. The summed E-state index contributed by atoms with van der Waals surface area (Å²) >= 11 is 7.80. The third-order valence-corrected chi connectivity index (χ3v) is 5.83. The summed E-state index contributed by atoms with van der Waals surface area (Å²) in [6.45, 7) is 0.133. The number of amides is 1. The SMILES string of the molecule is O=C(NCc1nc(-c2ccccc2Cl)no1)c1ccccc1SCc1ccccc1. The number of rotatable bonds is 7. The lowest BCUT2D eigenvalue weighted by molar-refractivity contribution is 0.0943. The monoisotopic (exact) mass is 435 g/mol. The van der Waals surface area contributed by atoms with Crippen molar-refractivity contribution in [2.75, 3.05) is 0 Å². The Hall–Kier alpha value is -3.09. The zero-order chi connectivity index (χ0) is 20.8. The summed E-state index contributed by atoms with van der Waals surface area (Å²) < 4.78 is 5.26. The molecule has 3 aromatic carbocycles. The van der Waals surface area contributed by atoms with Crippen LogP contribution in [0, 0.1) is 0 Å². The summed E-state index contributed by atoms with van der Waals surface area (Å²) in [7, 11) is 0. The van der Waals surface area contributed by atoms with Gasteiger partial charge >= 0.3 is 0 Å². The van der Waals surface area contributed by atoms with Crippen molar-refractivity contribution in [1.82, 2.24) is 15.5 Å². The highest BCUT2D eigenvalue weighted by Crippen LogP contribution is 2.27. The molecular formula is C23H18ClN3O2S. The minimum Gasteiger partial charge on any atom is -0.343 e. The topological polar surface area (TPSA) is 68.0 Å². The van der Waals surface area contributed by atoms with Crippen molar-refractivity contribution in [3.05, 3.63) is 101 Å². The van der Waals surface area contributed by atoms with Crippen LogP contribution < -0.4 is 5.32 Å². The van der Waals surface area contributed by atoms with E-state index in [-0.39, 0.29) is 12.5 Å². The molecule has 0 saturated heterocycles. The van der Waals surface area contributed by atoms with Gasteiger partial charge in [-0.3, -0.25) is 4.79 Å². The molecule has 0 unspecified atom stereocenters. The highest BCUT2D eigenvalue weighted by atomic mass is 35.5. The van der Waals surface area contributed by atoms with Crippen molar-refractivity contribution in [3.8, 4) is 11.4 Å². The normalized spacial score (nSPS) is 10.7. The number of nitrogens with zero attached hydrogens (tertiary/aromatic N) is 2. The minimum atomic E-state index is -0.191. The summed E-state index contributed by atoms with van der Waals surface area (Å²) in [5.41, 5.74) is 2.50. The first-order chi connectivity index (χ1) is 14.7. The van der Waals surface area contributed by atoms with Gasteiger partial charge in [0.25, 0.3) is 5.91 Å². The zero-order valence-corrected chi connectivity index (χ0v) is 17.5. The summed E-state index contributed by atoms with van der Waals surface area (Å²) in [6, 6.07) is 25.0. The van der Waals surface area contributed by atoms with Gasteiger partial charge in [0.1, 0.15) is 0 Å². The van der Waals surface area contributed by atoms with E-state index in [4.69, 9.17) is 16.1 Å². The summed E-state index contributed by atoms with van der Waals surface area (Å²) in [5, 5.41) is 7.34. The van der Waals surface area contributed by atoms with E-state index in [0.717, 1.165) is 10.6 Å². The maximum Gasteiger partial charge on any atom is 0.252 e. The number of thioether (sulfide) groups is 1. The van der Waals surface area contributed by atoms with Crippen LogP contribution in [0.5, 0.6) is 0 Å². The van der Waals surface area contributed by atoms with E-state index in [1.807, 2.05) is 60.7 Å². The van der Waals surface area contributed by atoms with Crippen molar-refractivity contribution >= 4 is 29.3 Å². The number of benzene rings is 3. The fourth-order valence-electron chi connectivity index (χ4n) is 2.85. The molecule has 4 rings (SSSR count). The Balaban J connectivity index is 1.41. The summed E-state index contributed by atoms with van der Waals surface area (Å²) in [4.78, 5) is 18.0. The molecule has 0 aliphatic rings. The average Bonchev–Trinajstić information content (AvgIpc) is 3.26. The van der Waals surface area contributed by atoms with Crippen molar-refractivity contribution in [2.24, 2.45) is 0 Å². The fraction of sp³-hybridized carbons (Fsp3) is 0.0870. The van der Waals surface area contributed by atoms with E-state index in [1.54, 1.807) is 17.8 Å². The Bertz CT molecular complexity index is 1150. The molecule has 1 heterocycles. The molecule has 0 atom stereocenters. The molecule has 1 amide bonds. The van der Waals surface area contributed by atoms with Crippen LogP contribution in [0.1, 0.15) is 21.8 Å². The molecule has 0 saturated carbocycles. The molecule has 0 aliphatic carbocycles. The van der Waals surface area contributed by atoms with E-state index in [1.165, 1.54) is 5.56 Å². The first-order valence-corrected chi connectivity index (χ1v) is 10.7. The number of halogens is 1. The van der Waals surface area contributed by atoms with Crippen LogP contribution in [0.4, 0.5) is 0 Å². The maximum atomic E-state index is 12.7. The Morgan fingerprint density at radius 1 is 0.967 bits per heavy atom. The first-order valence-electron chi connectivity index (χ1n) is 9.32. The van der Waals surface area contributed by atoms with Gasteiger partial charge in [-0.15, -0.1) is 11.8 Å². The van der Waals surface area contributed by atoms with Crippen LogP contribution in [0.15, 0.2) is 88.3 Å². The second kappa shape index (κ2) is 9.61. The number of carbonyl (C=O) groups is 1. The lowest BCUT2D eigenvalue weighted by Gasteiger charge is -2.09. The van der Waals surface area contributed by atoms with Crippen LogP contribution in [0.25, 0.3) is 11.4 Å². The third-order valence-electron chi connectivity index (χ3n) is 4.35. The fourth-order valence-corrected chi connectivity index (χ4v) is 4.07. The summed E-state index contributed by atoms with van der Waals surface area (Å²) in [6.07, 6.45) is 0. The Morgan fingerprint density at radius 3 is 2.53 bits per heavy atom. The molecule has 150 valence electrons. The molecule has 0 fully saturated rings. The Morgan fingerprint density at radius 2 is 1.70 bits per heavy atom. The molecule has 7 heteroatoms. The molecule has 4 aromatic rings. The number of carbonyl (C=O) groups excluding carboxylic acids is 1. The smallest absolute Gasteiger partial charge is 0.252 e. The van der Waals surface area contributed by atoms with E-state index in [2.05, 4.69) is 27.6 Å². The predicted molar refractivity (Wildman–Crippen MR) is 118 cm³/mol. The molecule has 0 radical (unpaired) electrons. The van der Waals surface area contributed by atoms with Gasteiger partial charge in [-0.25, -0.2) is 0 Å². The number of hydrogen-bond acceptors (Lipinski definition) is 5. The van der Waals surface area contributed by atoms with Gasteiger partial charge in [0, 0.05) is 16.2 Å². The molecule has 30 heavy (non-hydrogen) atoms. The van der Waals surface area contributed by atoms with Gasteiger partial charge in [-0.05, 0) is 29.8 Å². The lowest BCUT2D eigenvalue weighted by atomic mass is 10.2. The van der Waals surface area contributed by atoms with Gasteiger partial charge in [0.15, 0.2) is 0 Å². The maximum absolute atomic E-state index is 12.7. The van der Waals surface area contributed by atoms with Gasteiger partial charge < -0.3 is 9.84 Å². The van der Waals surface area contributed by atoms with Crippen molar-refractivity contribution in [1.29, 1.82) is 0 Å². The quantitative estimate of drug-likeness (QED) is 0.382. The van der Waals surface area contributed by atoms with E-state index < -0.39 is 0 Å². The zero-order valence-electron chi connectivity index (χ0n) is 15.9. The summed E-state index contributed by atoms with van der Waals surface area (Å²) in [5.74, 6) is 1.30. The van der Waals surface area contributed by atoms with Gasteiger partial charge in [0.05, 0.1) is 17.1 Å². The standard InChI is InChI=1S/C23H18ClN3O2S/c24-19-12-6-4-10-17(19)22-26-21(29-27-22)14-25-23(28)18-11-5-7-13-20(18)30-15-16-8-2-1-3-9-16/h1-13H,14-15H2,(H,25,28). The Labute approximate surface area is 183 Å². The number of aromatic nitrogens is 2. The number of nitrogens with one attached hydrogen (secondary N) is 1. The van der Waals surface area contributed by atoms with E-state index >= 15 is 0 Å². The highest BCUT2D eigenvalue weighted by Gasteiger charge is 2.15. The second-order valence-electron chi connectivity index (χ2n) is 6.44. The largest absolute Gasteiger partial charge is 0.343 e. The molecule has 1 aromatic heterocycles. The molecule has 0 bridgehead atoms. The van der Waals surface area contributed by atoms with Gasteiger partial charge in [-0.1, -0.05) is 71.4 Å². The lowest BCUT2D eigenvalue weighted by Crippen LogP contribution is -2.23. The van der Waals surface area contributed by atoms with Crippen molar-refractivity contribution < 1.29 is 9.32 Å². The van der Waals surface area contributed by atoms with Gasteiger partial charge in [-0.2, -0.15) is 4.98 Å². The molecule has 5 nitrogen and oxygen atoms in total. The van der Waals surface area contributed by atoms with E-state index in [0.29, 0.717) is 27.9 Å². The highest BCUT2D eigenvalue weighted by molar-refractivity contribution is 7.98. The molecular weight excluding hydrogens is 418 g/mol. The van der Waals surface area contributed by atoms with Crippen LogP contribution in [-0.2, 0) is 12.3 Å². The second-order valence-corrected chi connectivity index (χ2v) is 7.87. The molecule has 1 N–H and O–H groups in total. The minimum absolute atomic E-state index is 0.133. The van der Waals surface area contributed by atoms with Crippen LogP contribution >= 0.6 is 23.4 Å². The average molecular weight is 436 g/mol. The van der Waals surface area contributed by atoms with E-state index in [9.17, 15) is 4.79 Å². The van der Waals surface area contributed by atoms with Crippen molar-refractivity contribution in [3.63, 3.8) is 0 Å². The number of hydrogen-bond donors (Lipinski definition) is 1. The van der Waals surface area contributed by atoms with Crippen molar-refractivity contribution in [2.45, 2.75) is 17.2 Å². The van der Waals surface area contributed by atoms with Gasteiger partial charge in [0.2, 0.25) is 11.7 Å². The molecule has 0 spiro atoms.